The van der Waals surface area contributed by atoms with Gasteiger partial charge >= 0.3 is 0 Å². The number of aromatic nitrogens is 1. The van der Waals surface area contributed by atoms with Gasteiger partial charge in [-0.25, -0.2) is 4.98 Å². The molecule has 1 aliphatic rings. The number of carbonyl (C=O) groups is 1. The SMILES string of the molecule is CN(CC1CC(O)C1)C(=O)c1cc2ccccc2c(Cl)n1. The Balaban J connectivity index is 1.80. The van der Waals surface area contributed by atoms with E-state index < -0.39 is 0 Å². The average Bonchev–Trinajstić information content (AvgIpc) is 2.44. The molecule has 5 heteroatoms. The smallest absolute Gasteiger partial charge is 0.272 e. The monoisotopic (exact) mass is 304 g/mol. The van der Waals surface area contributed by atoms with Gasteiger partial charge in [0.2, 0.25) is 0 Å². The van der Waals surface area contributed by atoms with Crippen molar-refractivity contribution in [1.82, 2.24) is 9.88 Å². The van der Waals surface area contributed by atoms with E-state index in [1.807, 2.05) is 24.3 Å². The lowest BCUT2D eigenvalue weighted by molar-refractivity contribution is 0.0264. The molecule has 21 heavy (non-hydrogen) atoms. The number of carbonyl (C=O) groups excluding carboxylic acids is 1. The fourth-order valence-electron chi connectivity index (χ4n) is 2.78. The standard InChI is InChI=1S/C16H17ClN2O2/c1-19(9-10-6-12(20)7-10)16(21)14-8-11-4-2-3-5-13(11)15(17)18-14/h2-5,8,10,12,20H,6-7,9H2,1H3. The molecule has 4 nitrogen and oxygen atoms in total. The molecule has 0 aliphatic heterocycles. The quantitative estimate of drug-likeness (QED) is 0.887. The first-order chi connectivity index (χ1) is 10.0. The third-order valence-corrected chi connectivity index (χ3v) is 4.29. The van der Waals surface area contributed by atoms with E-state index >= 15 is 0 Å². The zero-order valence-corrected chi connectivity index (χ0v) is 12.5. The molecule has 1 amide bonds. The molecule has 1 heterocycles. The van der Waals surface area contributed by atoms with Gasteiger partial charge in [-0.2, -0.15) is 0 Å². The van der Waals surface area contributed by atoms with Crippen molar-refractivity contribution in [2.24, 2.45) is 5.92 Å². The summed E-state index contributed by atoms with van der Waals surface area (Å²) in [6.45, 7) is 0.641. The van der Waals surface area contributed by atoms with Gasteiger partial charge in [-0.1, -0.05) is 35.9 Å². The number of aliphatic hydroxyl groups excluding tert-OH is 1. The van der Waals surface area contributed by atoms with Crippen LogP contribution >= 0.6 is 11.6 Å². The normalized spacial score (nSPS) is 21.1. The second-order valence-corrected chi connectivity index (χ2v) is 6.05. The molecular formula is C16H17ClN2O2. The van der Waals surface area contributed by atoms with Crippen LogP contribution in [0.3, 0.4) is 0 Å². The molecule has 1 fully saturated rings. The third kappa shape index (κ3) is 2.87. The molecule has 1 aromatic heterocycles. The third-order valence-electron chi connectivity index (χ3n) is 4.00. The number of aliphatic hydroxyl groups is 1. The Morgan fingerprint density at radius 1 is 1.43 bits per heavy atom. The highest BCUT2D eigenvalue weighted by molar-refractivity contribution is 6.34. The minimum atomic E-state index is -0.202. The van der Waals surface area contributed by atoms with Crippen molar-refractivity contribution in [2.45, 2.75) is 18.9 Å². The van der Waals surface area contributed by atoms with E-state index in [1.165, 1.54) is 0 Å². The van der Waals surface area contributed by atoms with Crippen LogP contribution < -0.4 is 0 Å². The van der Waals surface area contributed by atoms with Crippen LogP contribution in [0.1, 0.15) is 23.3 Å². The maximum absolute atomic E-state index is 12.4. The molecule has 0 atom stereocenters. The second-order valence-electron chi connectivity index (χ2n) is 5.70. The summed E-state index contributed by atoms with van der Waals surface area (Å²) >= 11 is 6.16. The Hall–Kier alpha value is -1.65. The Morgan fingerprint density at radius 3 is 2.86 bits per heavy atom. The van der Waals surface area contributed by atoms with Crippen LogP contribution in [-0.4, -0.2) is 40.6 Å². The van der Waals surface area contributed by atoms with Crippen LogP contribution in [0.5, 0.6) is 0 Å². The molecule has 0 spiro atoms. The number of benzene rings is 1. The maximum Gasteiger partial charge on any atom is 0.272 e. The summed E-state index contributed by atoms with van der Waals surface area (Å²) in [5.74, 6) is 0.244. The van der Waals surface area contributed by atoms with Crippen molar-refractivity contribution >= 4 is 28.3 Å². The molecule has 0 radical (unpaired) electrons. The Bertz CT molecular complexity index is 683. The van der Waals surface area contributed by atoms with E-state index in [0.717, 1.165) is 23.6 Å². The zero-order valence-electron chi connectivity index (χ0n) is 11.8. The predicted molar refractivity (Wildman–Crippen MR) is 82.4 cm³/mol. The number of nitrogens with zero attached hydrogens (tertiary/aromatic N) is 2. The summed E-state index contributed by atoms with van der Waals surface area (Å²) in [4.78, 5) is 18.3. The number of hydrogen-bond donors (Lipinski definition) is 1. The predicted octanol–water partition coefficient (Wildman–Crippen LogP) is 2.73. The fraction of sp³-hybridized carbons (Fsp3) is 0.375. The van der Waals surface area contributed by atoms with Gasteiger partial charge in [-0.3, -0.25) is 4.79 Å². The molecule has 1 saturated carbocycles. The van der Waals surface area contributed by atoms with Crippen molar-refractivity contribution in [3.63, 3.8) is 0 Å². The van der Waals surface area contributed by atoms with Crippen molar-refractivity contribution in [1.29, 1.82) is 0 Å². The van der Waals surface area contributed by atoms with Crippen molar-refractivity contribution in [2.75, 3.05) is 13.6 Å². The highest BCUT2D eigenvalue weighted by Gasteiger charge is 2.29. The van der Waals surface area contributed by atoms with E-state index in [2.05, 4.69) is 4.98 Å². The van der Waals surface area contributed by atoms with Gasteiger partial charge in [0.1, 0.15) is 10.8 Å². The molecule has 1 N–H and O–H groups in total. The minimum absolute atomic E-state index is 0.135. The number of rotatable bonds is 3. The minimum Gasteiger partial charge on any atom is -0.393 e. The van der Waals surface area contributed by atoms with Gasteiger partial charge in [0.15, 0.2) is 0 Å². The molecule has 0 unspecified atom stereocenters. The highest BCUT2D eigenvalue weighted by atomic mass is 35.5. The van der Waals surface area contributed by atoms with Gasteiger partial charge < -0.3 is 10.0 Å². The van der Waals surface area contributed by atoms with E-state index in [-0.39, 0.29) is 12.0 Å². The van der Waals surface area contributed by atoms with Crippen molar-refractivity contribution in [3.8, 4) is 0 Å². The zero-order chi connectivity index (χ0) is 15.0. The largest absolute Gasteiger partial charge is 0.393 e. The number of amides is 1. The topological polar surface area (TPSA) is 53.4 Å². The van der Waals surface area contributed by atoms with Crippen LogP contribution in [0.2, 0.25) is 5.15 Å². The van der Waals surface area contributed by atoms with Crippen LogP contribution in [-0.2, 0) is 0 Å². The van der Waals surface area contributed by atoms with E-state index in [0.29, 0.717) is 23.3 Å². The number of pyridine rings is 1. The van der Waals surface area contributed by atoms with E-state index in [1.54, 1.807) is 18.0 Å². The molecule has 110 valence electrons. The summed E-state index contributed by atoms with van der Waals surface area (Å²) in [5.41, 5.74) is 0.362. The highest BCUT2D eigenvalue weighted by Crippen LogP contribution is 2.28. The Morgan fingerprint density at radius 2 is 2.14 bits per heavy atom. The summed E-state index contributed by atoms with van der Waals surface area (Å²) in [5, 5.41) is 11.4. The lowest BCUT2D eigenvalue weighted by Crippen LogP contribution is -2.39. The molecule has 0 saturated heterocycles. The van der Waals surface area contributed by atoms with Gasteiger partial charge in [-0.05, 0) is 30.2 Å². The summed E-state index contributed by atoms with van der Waals surface area (Å²) in [7, 11) is 1.76. The molecule has 1 aromatic carbocycles. The lowest BCUT2D eigenvalue weighted by atomic mass is 9.82. The first-order valence-electron chi connectivity index (χ1n) is 7.03. The average molecular weight is 305 g/mol. The van der Waals surface area contributed by atoms with Crippen LogP contribution in [0, 0.1) is 5.92 Å². The van der Waals surface area contributed by atoms with Gasteiger partial charge in [0.05, 0.1) is 6.10 Å². The van der Waals surface area contributed by atoms with Crippen molar-refractivity contribution < 1.29 is 9.90 Å². The second kappa shape index (κ2) is 5.62. The lowest BCUT2D eigenvalue weighted by Gasteiger charge is -2.34. The first-order valence-corrected chi connectivity index (χ1v) is 7.41. The summed E-state index contributed by atoms with van der Waals surface area (Å²) < 4.78 is 0. The van der Waals surface area contributed by atoms with Gasteiger partial charge in [0, 0.05) is 19.0 Å². The van der Waals surface area contributed by atoms with Crippen LogP contribution in [0.4, 0.5) is 0 Å². The Kier molecular flexibility index (Phi) is 3.83. The number of fused-ring (bicyclic) bond motifs is 1. The van der Waals surface area contributed by atoms with E-state index in [9.17, 15) is 9.90 Å². The van der Waals surface area contributed by atoms with Gasteiger partial charge in [0.25, 0.3) is 5.91 Å². The maximum atomic E-state index is 12.4. The first kappa shape index (κ1) is 14.3. The molecule has 3 rings (SSSR count). The summed E-state index contributed by atoms with van der Waals surface area (Å²) in [6.07, 6.45) is 1.33. The van der Waals surface area contributed by atoms with Crippen molar-refractivity contribution in [3.05, 3.63) is 41.2 Å². The number of hydrogen-bond acceptors (Lipinski definition) is 3. The molecular weight excluding hydrogens is 288 g/mol. The number of halogens is 1. The van der Waals surface area contributed by atoms with Crippen LogP contribution in [0.15, 0.2) is 30.3 Å². The fourth-order valence-corrected chi connectivity index (χ4v) is 3.04. The van der Waals surface area contributed by atoms with E-state index in [4.69, 9.17) is 11.6 Å². The Labute approximate surface area is 128 Å². The summed E-state index contributed by atoms with van der Waals surface area (Å²) in [6, 6.07) is 9.38. The molecule has 1 aliphatic carbocycles. The molecule has 0 bridgehead atoms. The molecule has 2 aromatic rings. The van der Waals surface area contributed by atoms with Crippen LogP contribution in [0.25, 0.3) is 10.8 Å². The van der Waals surface area contributed by atoms with Gasteiger partial charge in [-0.15, -0.1) is 0 Å².